The molecule has 2 heterocycles. The number of aromatic hydroxyl groups is 1. The molecule has 2 aromatic carbocycles. The molecule has 0 spiro atoms. The number of hydrogen-bond donors (Lipinski definition) is 1. The summed E-state index contributed by atoms with van der Waals surface area (Å²) in [6.45, 7) is 5.55. The number of rotatable bonds is 6. The maximum atomic E-state index is 11.3. The molecule has 7 heteroatoms. The van der Waals surface area contributed by atoms with Crippen LogP contribution in [0.15, 0.2) is 48.7 Å². The number of allylic oxidation sites excluding steroid dienone is 1. The number of hydrogen-bond acceptors (Lipinski definition) is 6. The Kier molecular flexibility index (Phi) is 6.63. The SMILES string of the molecule is COc1cc(/C=C/C(C)=O)cc(CN2CCN(c3ccnc4cc(Cl)ccc34)CC2)c1O. The maximum absolute atomic E-state index is 11.3. The Balaban J connectivity index is 1.49. The average molecular weight is 452 g/mol. The fourth-order valence-corrected chi connectivity index (χ4v) is 4.21. The molecule has 32 heavy (non-hydrogen) atoms. The van der Waals surface area contributed by atoms with Gasteiger partial charge in [-0.05, 0) is 55.0 Å². The van der Waals surface area contributed by atoms with E-state index in [0.717, 1.165) is 53.9 Å². The zero-order chi connectivity index (χ0) is 22.7. The molecule has 6 nitrogen and oxygen atoms in total. The number of piperazine rings is 1. The summed E-state index contributed by atoms with van der Waals surface area (Å²) in [5, 5.41) is 12.4. The van der Waals surface area contributed by atoms with Gasteiger partial charge in [-0.15, -0.1) is 0 Å². The van der Waals surface area contributed by atoms with E-state index in [9.17, 15) is 9.90 Å². The van der Waals surface area contributed by atoms with Crippen LogP contribution in [0.2, 0.25) is 5.02 Å². The molecule has 0 saturated carbocycles. The number of ketones is 1. The number of pyridine rings is 1. The number of fused-ring (bicyclic) bond motifs is 1. The lowest BCUT2D eigenvalue weighted by Crippen LogP contribution is -2.46. The standard InChI is InChI=1S/C25H26ClN3O3/c1-17(30)3-4-18-13-19(25(31)24(14-18)32-2)16-28-9-11-29(12-10-28)23-7-8-27-22-15-20(26)5-6-21(22)23/h3-8,13-15,31H,9-12,16H2,1-2H3/b4-3+. The molecule has 0 amide bonds. The van der Waals surface area contributed by atoms with Crippen LogP contribution in [-0.4, -0.2) is 54.1 Å². The highest BCUT2D eigenvalue weighted by molar-refractivity contribution is 6.31. The second-order valence-corrected chi connectivity index (χ2v) is 8.37. The molecule has 4 rings (SSSR count). The van der Waals surface area contributed by atoms with Gasteiger partial charge in [0.2, 0.25) is 0 Å². The van der Waals surface area contributed by atoms with Gasteiger partial charge in [0, 0.05) is 60.6 Å². The van der Waals surface area contributed by atoms with Crippen molar-refractivity contribution < 1.29 is 14.6 Å². The van der Waals surface area contributed by atoms with Crippen LogP contribution in [0.4, 0.5) is 5.69 Å². The van der Waals surface area contributed by atoms with Gasteiger partial charge >= 0.3 is 0 Å². The molecule has 0 atom stereocenters. The van der Waals surface area contributed by atoms with Gasteiger partial charge in [0.25, 0.3) is 0 Å². The Morgan fingerprint density at radius 2 is 1.97 bits per heavy atom. The van der Waals surface area contributed by atoms with Crippen molar-refractivity contribution in [3.63, 3.8) is 0 Å². The lowest BCUT2D eigenvalue weighted by molar-refractivity contribution is -0.112. The number of carbonyl (C=O) groups excluding carboxylic acids is 1. The first-order valence-electron chi connectivity index (χ1n) is 10.5. The van der Waals surface area contributed by atoms with Gasteiger partial charge in [-0.3, -0.25) is 14.7 Å². The largest absolute Gasteiger partial charge is 0.504 e. The molecule has 1 aliphatic heterocycles. The van der Waals surface area contributed by atoms with Crippen LogP contribution in [0.5, 0.6) is 11.5 Å². The van der Waals surface area contributed by atoms with Crippen molar-refractivity contribution in [1.82, 2.24) is 9.88 Å². The summed E-state index contributed by atoms with van der Waals surface area (Å²) in [7, 11) is 1.53. The number of carbonyl (C=O) groups is 1. The number of nitrogens with zero attached hydrogens (tertiary/aromatic N) is 3. The van der Waals surface area contributed by atoms with E-state index in [4.69, 9.17) is 16.3 Å². The van der Waals surface area contributed by atoms with Gasteiger partial charge in [0.05, 0.1) is 12.6 Å². The van der Waals surface area contributed by atoms with Gasteiger partial charge in [0.15, 0.2) is 17.3 Å². The van der Waals surface area contributed by atoms with Crippen LogP contribution in [0.3, 0.4) is 0 Å². The molecule has 3 aromatic rings. The number of benzene rings is 2. The quantitative estimate of drug-likeness (QED) is 0.555. The molecule has 0 unspecified atom stereocenters. The predicted octanol–water partition coefficient (Wildman–Crippen LogP) is 4.53. The number of anilines is 1. The minimum Gasteiger partial charge on any atom is -0.504 e. The molecule has 1 aromatic heterocycles. The molecule has 0 radical (unpaired) electrons. The van der Waals surface area contributed by atoms with E-state index >= 15 is 0 Å². The second-order valence-electron chi connectivity index (χ2n) is 7.93. The van der Waals surface area contributed by atoms with Gasteiger partial charge in [0.1, 0.15) is 0 Å². The maximum Gasteiger partial charge on any atom is 0.162 e. The molecule has 1 fully saturated rings. The topological polar surface area (TPSA) is 65.9 Å². The zero-order valence-electron chi connectivity index (χ0n) is 18.2. The van der Waals surface area contributed by atoms with Crippen molar-refractivity contribution in [3.8, 4) is 11.5 Å². The molecular formula is C25H26ClN3O3. The molecule has 0 aliphatic carbocycles. The number of phenols is 1. The molecule has 0 bridgehead atoms. The lowest BCUT2D eigenvalue weighted by atomic mass is 10.1. The smallest absolute Gasteiger partial charge is 0.162 e. The Bertz CT molecular complexity index is 1170. The number of phenolic OH excluding ortho intramolecular Hbond substituents is 1. The van der Waals surface area contributed by atoms with E-state index in [1.807, 2.05) is 36.5 Å². The highest BCUT2D eigenvalue weighted by Gasteiger charge is 2.21. The predicted molar refractivity (Wildman–Crippen MR) is 129 cm³/mol. The van der Waals surface area contributed by atoms with E-state index < -0.39 is 0 Å². The van der Waals surface area contributed by atoms with Crippen molar-refractivity contribution >= 4 is 40.1 Å². The summed E-state index contributed by atoms with van der Waals surface area (Å²) in [6.07, 6.45) is 5.08. The number of halogens is 1. The van der Waals surface area contributed by atoms with E-state index in [1.165, 1.54) is 20.1 Å². The highest BCUT2D eigenvalue weighted by atomic mass is 35.5. The van der Waals surface area contributed by atoms with Crippen LogP contribution in [0, 0.1) is 0 Å². The number of methoxy groups -OCH3 is 1. The van der Waals surface area contributed by atoms with Crippen molar-refractivity contribution in [3.05, 3.63) is 64.8 Å². The lowest BCUT2D eigenvalue weighted by Gasteiger charge is -2.36. The van der Waals surface area contributed by atoms with Gasteiger partial charge in [-0.1, -0.05) is 17.7 Å². The van der Waals surface area contributed by atoms with Crippen LogP contribution in [0.25, 0.3) is 17.0 Å². The summed E-state index contributed by atoms with van der Waals surface area (Å²) in [4.78, 5) is 20.4. The normalized spacial score (nSPS) is 14.9. The van der Waals surface area contributed by atoms with Crippen molar-refractivity contribution in [1.29, 1.82) is 0 Å². The van der Waals surface area contributed by atoms with Crippen LogP contribution in [0.1, 0.15) is 18.1 Å². The molecular weight excluding hydrogens is 426 g/mol. The summed E-state index contributed by atoms with van der Waals surface area (Å²) < 4.78 is 5.34. The fourth-order valence-electron chi connectivity index (χ4n) is 4.04. The summed E-state index contributed by atoms with van der Waals surface area (Å²) in [5.74, 6) is 0.527. The molecule has 1 aliphatic rings. The Hall–Kier alpha value is -3.09. The Morgan fingerprint density at radius 3 is 2.69 bits per heavy atom. The first-order chi connectivity index (χ1) is 15.4. The van der Waals surface area contributed by atoms with E-state index in [1.54, 1.807) is 12.1 Å². The Labute approximate surface area is 192 Å². The number of aromatic nitrogens is 1. The van der Waals surface area contributed by atoms with E-state index in [2.05, 4.69) is 14.8 Å². The van der Waals surface area contributed by atoms with Crippen molar-refractivity contribution in [2.24, 2.45) is 0 Å². The minimum absolute atomic E-state index is 0.0272. The van der Waals surface area contributed by atoms with E-state index in [0.29, 0.717) is 17.3 Å². The van der Waals surface area contributed by atoms with Crippen LogP contribution in [-0.2, 0) is 11.3 Å². The van der Waals surface area contributed by atoms with Crippen molar-refractivity contribution in [2.45, 2.75) is 13.5 Å². The summed E-state index contributed by atoms with van der Waals surface area (Å²) in [5.41, 5.74) is 3.66. The fraction of sp³-hybridized carbons (Fsp3) is 0.280. The van der Waals surface area contributed by atoms with Crippen LogP contribution < -0.4 is 9.64 Å². The van der Waals surface area contributed by atoms with Gasteiger partial charge in [-0.2, -0.15) is 0 Å². The average Bonchev–Trinajstić information content (AvgIpc) is 2.79. The van der Waals surface area contributed by atoms with Gasteiger partial charge in [-0.25, -0.2) is 0 Å². The first-order valence-corrected chi connectivity index (χ1v) is 10.9. The zero-order valence-corrected chi connectivity index (χ0v) is 19.0. The molecule has 1 N–H and O–H groups in total. The molecule has 1 saturated heterocycles. The highest BCUT2D eigenvalue weighted by Crippen LogP contribution is 2.34. The second kappa shape index (κ2) is 9.59. The van der Waals surface area contributed by atoms with E-state index in [-0.39, 0.29) is 11.5 Å². The third kappa shape index (κ3) is 4.87. The third-order valence-corrected chi connectivity index (χ3v) is 5.93. The number of ether oxygens (including phenoxy) is 1. The Morgan fingerprint density at radius 1 is 1.19 bits per heavy atom. The summed E-state index contributed by atoms with van der Waals surface area (Å²) >= 11 is 6.12. The van der Waals surface area contributed by atoms with Crippen LogP contribution >= 0.6 is 11.6 Å². The monoisotopic (exact) mass is 451 g/mol. The summed E-state index contributed by atoms with van der Waals surface area (Å²) in [6, 6.07) is 11.5. The van der Waals surface area contributed by atoms with Crippen molar-refractivity contribution in [2.75, 3.05) is 38.2 Å². The minimum atomic E-state index is -0.0272. The molecule has 166 valence electrons. The van der Waals surface area contributed by atoms with Gasteiger partial charge < -0.3 is 14.7 Å². The first kappa shape index (κ1) is 22.1. The third-order valence-electron chi connectivity index (χ3n) is 5.70.